The molecular weight excluding hydrogens is 194 g/mol. The number of nitrogens with one attached hydrogen (secondary N) is 1. The molecule has 14 heavy (non-hydrogen) atoms. The molecule has 0 saturated carbocycles. The van der Waals surface area contributed by atoms with Crippen molar-refractivity contribution in [3.05, 3.63) is 30.3 Å². The normalized spacial score (nSPS) is 12.4. The molecule has 2 nitrogen and oxygen atoms in total. The van der Waals surface area contributed by atoms with Crippen LogP contribution < -0.4 is 5.32 Å². The van der Waals surface area contributed by atoms with Crippen molar-refractivity contribution in [2.24, 2.45) is 0 Å². The minimum atomic E-state index is -0.264. The Morgan fingerprint density at radius 1 is 1.36 bits per heavy atom. The van der Waals surface area contributed by atoms with Crippen molar-refractivity contribution < 1.29 is 5.11 Å². The van der Waals surface area contributed by atoms with E-state index in [1.807, 2.05) is 30.3 Å². The van der Waals surface area contributed by atoms with Gasteiger partial charge in [0.1, 0.15) is 0 Å². The van der Waals surface area contributed by atoms with E-state index in [0.717, 1.165) is 17.2 Å². The summed E-state index contributed by atoms with van der Waals surface area (Å²) in [4.78, 5) is 0. The Balaban J connectivity index is 2.20. The quantitative estimate of drug-likeness (QED) is 0.756. The summed E-state index contributed by atoms with van der Waals surface area (Å²) in [6.45, 7) is 2.72. The lowest BCUT2D eigenvalue weighted by Crippen LogP contribution is -2.21. The number of benzene rings is 1. The summed E-state index contributed by atoms with van der Waals surface area (Å²) in [5, 5.41) is 12.7. The first kappa shape index (κ1) is 11.4. The lowest BCUT2D eigenvalue weighted by atomic mass is 10.3. The standard InChI is InChI=1S/C11H17NOS/c1-2-14-9-11(13)8-12-10-6-4-3-5-7-10/h3-7,11-13H,2,8-9H2,1H3. The molecule has 0 amide bonds. The zero-order valence-corrected chi connectivity index (χ0v) is 9.26. The lowest BCUT2D eigenvalue weighted by molar-refractivity contribution is 0.213. The van der Waals surface area contributed by atoms with E-state index >= 15 is 0 Å². The minimum Gasteiger partial charge on any atom is -0.390 e. The Labute approximate surface area is 89.7 Å². The van der Waals surface area contributed by atoms with Crippen LogP contribution in [0, 0.1) is 0 Å². The van der Waals surface area contributed by atoms with Gasteiger partial charge in [-0.25, -0.2) is 0 Å². The lowest BCUT2D eigenvalue weighted by Gasteiger charge is -2.11. The first-order chi connectivity index (χ1) is 6.83. The van der Waals surface area contributed by atoms with Gasteiger partial charge in [0.25, 0.3) is 0 Å². The molecule has 0 aliphatic carbocycles. The third-order valence-electron chi connectivity index (χ3n) is 1.83. The zero-order chi connectivity index (χ0) is 10.2. The monoisotopic (exact) mass is 211 g/mol. The highest BCUT2D eigenvalue weighted by molar-refractivity contribution is 7.99. The van der Waals surface area contributed by atoms with Crippen LogP contribution in [0.25, 0.3) is 0 Å². The van der Waals surface area contributed by atoms with Crippen LogP contribution in [0.4, 0.5) is 5.69 Å². The van der Waals surface area contributed by atoms with Crippen LogP contribution in [0.2, 0.25) is 0 Å². The van der Waals surface area contributed by atoms with Crippen molar-refractivity contribution in [1.29, 1.82) is 0 Å². The third-order valence-corrected chi connectivity index (χ3v) is 2.86. The average Bonchev–Trinajstić information content (AvgIpc) is 2.25. The van der Waals surface area contributed by atoms with Crippen molar-refractivity contribution >= 4 is 17.4 Å². The van der Waals surface area contributed by atoms with Crippen LogP contribution in [0.1, 0.15) is 6.92 Å². The first-order valence-corrected chi connectivity index (χ1v) is 6.03. The molecule has 1 aromatic rings. The second kappa shape index (κ2) is 6.74. The molecule has 1 rings (SSSR count). The molecule has 1 unspecified atom stereocenters. The van der Waals surface area contributed by atoms with E-state index in [1.54, 1.807) is 11.8 Å². The number of hydrogen-bond donors (Lipinski definition) is 2. The second-order valence-corrected chi connectivity index (χ2v) is 4.38. The minimum absolute atomic E-state index is 0.264. The van der Waals surface area contributed by atoms with Gasteiger partial charge >= 0.3 is 0 Å². The van der Waals surface area contributed by atoms with Crippen LogP contribution in [-0.4, -0.2) is 29.3 Å². The largest absolute Gasteiger partial charge is 0.390 e. The summed E-state index contributed by atoms with van der Waals surface area (Å²) in [7, 11) is 0. The van der Waals surface area contributed by atoms with Crippen LogP contribution >= 0.6 is 11.8 Å². The summed E-state index contributed by atoms with van der Waals surface area (Å²) >= 11 is 1.76. The van der Waals surface area contributed by atoms with E-state index in [0.29, 0.717) is 6.54 Å². The van der Waals surface area contributed by atoms with Crippen molar-refractivity contribution in [3.63, 3.8) is 0 Å². The highest BCUT2D eigenvalue weighted by Gasteiger charge is 2.02. The third kappa shape index (κ3) is 4.53. The molecule has 2 N–H and O–H groups in total. The van der Waals surface area contributed by atoms with Crippen molar-refractivity contribution in [3.8, 4) is 0 Å². The molecule has 1 aromatic carbocycles. The smallest absolute Gasteiger partial charge is 0.0802 e. The van der Waals surface area contributed by atoms with Gasteiger partial charge in [0.2, 0.25) is 0 Å². The molecule has 0 aromatic heterocycles. The first-order valence-electron chi connectivity index (χ1n) is 4.87. The molecule has 78 valence electrons. The zero-order valence-electron chi connectivity index (χ0n) is 8.44. The molecule has 0 aliphatic rings. The number of para-hydroxylation sites is 1. The average molecular weight is 211 g/mol. The van der Waals surface area contributed by atoms with Gasteiger partial charge in [0, 0.05) is 18.0 Å². The van der Waals surface area contributed by atoms with Crippen LogP contribution in [0.15, 0.2) is 30.3 Å². The van der Waals surface area contributed by atoms with Crippen LogP contribution in [-0.2, 0) is 0 Å². The number of thioether (sulfide) groups is 1. The number of aliphatic hydroxyl groups is 1. The van der Waals surface area contributed by atoms with Crippen molar-refractivity contribution in [1.82, 2.24) is 0 Å². The Bertz CT molecular complexity index is 240. The molecule has 0 spiro atoms. The molecular formula is C11H17NOS. The summed E-state index contributed by atoms with van der Waals surface area (Å²) in [5.74, 6) is 1.86. The molecule has 0 radical (unpaired) electrons. The van der Waals surface area contributed by atoms with E-state index in [9.17, 15) is 5.11 Å². The van der Waals surface area contributed by atoms with Gasteiger partial charge in [-0.3, -0.25) is 0 Å². The molecule has 0 aliphatic heterocycles. The van der Waals surface area contributed by atoms with Crippen molar-refractivity contribution in [2.75, 3.05) is 23.4 Å². The maximum Gasteiger partial charge on any atom is 0.0802 e. The van der Waals surface area contributed by atoms with Gasteiger partial charge in [-0.15, -0.1) is 0 Å². The van der Waals surface area contributed by atoms with Gasteiger partial charge < -0.3 is 10.4 Å². The van der Waals surface area contributed by atoms with Gasteiger partial charge in [-0.05, 0) is 17.9 Å². The predicted molar refractivity (Wildman–Crippen MR) is 63.9 cm³/mol. The number of aliphatic hydroxyl groups excluding tert-OH is 1. The van der Waals surface area contributed by atoms with Crippen molar-refractivity contribution in [2.45, 2.75) is 13.0 Å². The fraction of sp³-hybridized carbons (Fsp3) is 0.455. The van der Waals surface area contributed by atoms with Gasteiger partial charge in [-0.2, -0.15) is 11.8 Å². The Hall–Kier alpha value is -0.670. The maximum atomic E-state index is 9.56. The van der Waals surface area contributed by atoms with Gasteiger partial charge in [0.05, 0.1) is 6.10 Å². The summed E-state index contributed by atoms with van der Waals surface area (Å²) in [6, 6.07) is 9.94. The number of anilines is 1. The highest BCUT2D eigenvalue weighted by atomic mass is 32.2. The summed E-state index contributed by atoms with van der Waals surface area (Å²) in [5.41, 5.74) is 1.06. The Kier molecular flexibility index (Phi) is 5.49. The summed E-state index contributed by atoms with van der Waals surface area (Å²) < 4.78 is 0. The molecule has 0 bridgehead atoms. The number of hydrogen-bond acceptors (Lipinski definition) is 3. The van der Waals surface area contributed by atoms with E-state index < -0.39 is 0 Å². The SMILES string of the molecule is CCSCC(O)CNc1ccccc1. The van der Waals surface area contributed by atoms with Crippen LogP contribution in [0.5, 0.6) is 0 Å². The molecule has 0 heterocycles. The molecule has 0 saturated heterocycles. The highest BCUT2D eigenvalue weighted by Crippen LogP contribution is 2.06. The second-order valence-electron chi connectivity index (χ2n) is 3.06. The van der Waals surface area contributed by atoms with Crippen LogP contribution in [0.3, 0.4) is 0 Å². The molecule has 1 atom stereocenters. The van der Waals surface area contributed by atoms with E-state index in [1.165, 1.54) is 0 Å². The molecule has 3 heteroatoms. The maximum absolute atomic E-state index is 9.56. The van der Waals surface area contributed by atoms with E-state index in [4.69, 9.17) is 0 Å². The van der Waals surface area contributed by atoms with Gasteiger partial charge in [-0.1, -0.05) is 25.1 Å². The van der Waals surface area contributed by atoms with E-state index in [-0.39, 0.29) is 6.10 Å². The fourth-order valence-electron chi connectivity index (χ4n) is 1.10. The van der Waals surface area contributed by atoms with E-state index in [2.05, 4.69) is 12.2 Å². The Morgan fingerprint density at radius 3 is 2.71 bits per heavy atom. The predicted octanol–water partition coefficient (Wildman–Crippen LogP) is 2.21. The Morgan fingerprint density at radius 2 is 2.07 bits per heavy atom. The fourth-order valence-corrected chi connectivity index (χ4v) is 1.73. The number of rotatable bonds is 6. The summed E-state index contributed by atoms with van der Waals surface area (Å²) in [6.07, 6.45) is -0.264. The molecule has 0 fully saturated rings. The van der Waals surface area contributed by atoms with Gasteiger partial charge in [0.15, 0.2) is 0 Å². The topological polar surface area (TPSA) is 32.3 Å².